The molecule has 0 aromatic heterocycles. The highest BCUT2D eigenvalue weighted by molar-refractivity contribution is 4.84. The van der Waals surface area contributed by atoms with E-state index < -0.39 is 0 Å². The van der Waals surface area contributed by atoms with E-state index in [0.717, 1.165) is 23.7 Å². The van der Waals surface area contributed by atoms with E-state index in [9.17, 15) is 0 Å². The summed E-state index contributed by atoms with van der Waals surface area (Å²) >= 11 is 0. The molecule has 0 heterocycles. The largest absolute Gasteiger partial charge is 0.0917 e. The van der Waals surface area contributed by atoms with E-state index in [0.29, 0.717) is 0 Å². The molecule has 0 heteroatoms. The number of unbranched alkanes of at least 4 members (excludes halogenated alkanes) is 1. The maximum atomic E-state index is 2.35. The topological polar surface area (TPSA) is 0 Å². The van der Waals surface area contributed by atoms with Gasteiger partial charge in [0.2, 0.25) is 0 Å². The van der Waals surface area contributed by atoms with Gasteiger partial charge >= 0.3 is 0 Å². The van der Waals surface area contributed by atoms with Crippen LogP contribution in [0.25, 0.3) is 0 Å². The standard InChI is InChI=1S/C21H38/c1-3-5-7-9-19-12-16-21(17-13-19)20-14-10-18(11-15-20)8-6-4-2/h3,5,18-21H,4,6-17H2,1-2H3. The summed E-state index contributed by atoms with van der Waals surface area (Å²) in [6, 6.07) is 0. The zero-order valence-corrected chi connectivity index (χ0v) is 14.7. The Bertz CT molecular complexity index is 274. The maximum Gasteiger partial charge on any atom is -0.0348 e. The Labute approximate surface area is 133 Å². The van der Waals surface area contributed by atoms with E-state index in [1.54, 1.807) is 38.5 Å². The molecular weight excluding hydrogens is 252 g/mol. The van der Waals surface area contributed by atoms with Crippen LogP contribution in [0.1, 0.15) is 97.3 Å². The first-order valence-electron chi connectivity index (χ1n) is 9.94. The maximum absolute atomic E-state index is 2.35. The van der Waals surface area contributed by atoms with E-state index in [2.05, 4.69) is 26.0 Å². The molecule has 0 aromatic rings. The van der Waals surface area contributed by atoms with E-state index >= 15 is 0 Å². The lowest BCUT2D eigenvalue weighted by Crippen LogP contribution is -2.25. The van der Waals surface area contributed by atoms with E-state index in [1.807, 2.05) is 0 Å². The number of rotatable bonds is 7. The predicted octanol–water partition coefficient (Wildman–Crippen LogP) is 7.15. The second kappa shape index (κ2) is 9.70. The van der Waals surface area contributed by atoms with Crippen molar-refractivity contribution in [1.82, 2.24) is 0 Å². The number of hydrogen-bond acceptors (Lipinski definition) is 0. The fourth-order valence-electron chi connectivity index (χ4n) is 4.89. The van der Waals surface area contributed by atoms with Crippen LogP contribution in [0.15, 0.2) is 12.2 Å². The van der Waals surface area contributed by atoms with Gasteiger partial charge in [0.25, 0.3) is 0 Å². The molecule has 0 aromatic carbocycles. The summed E-state index contributed by atoms with van der Waals surface area (Å²) in [5.74, 6) is 4.31. The van der Waals surface area contributed by atoms with Crippen molar-refractivity contribution in [1.29, 1.82) is 0 Å². The molecule has 2 aliphatic carbocycles. The van der Waals surface area contributed by atoms with Crippen LogP contribution in [0.5, 0.6) is 0 Å². The Morgan fingerprint density at radius 3 is 1.76 bits per heavy atom. The highest BCUT2D eigenvalue weighted by atomic mass is 14.4. The summed E-state index contributed by atoms with van der Waals surface area (Å²) in [6.45, 7) is 4.48. The van der Waals surface area contributed by atoms with Crippen molar-refractivity contribution in [3.05, 3.63) is 12.2 Å². The van der Waals surface area contributed by atoms with Gasteiger partial charge in [0.1, 0.15) is 0 Å². The minimum atomic E-state index is 1.04. The third-order valence-corrected chi connectivity index (χ3v) is 6.39. The van der Waals surface area contributed by atoms with Gasteiger partial charge in [-0.2, -0.15) is 0 Å². The zero-order valence-electron chi connectivity index (χ0n) is 14.7. The molecule has 2 saturated carbocycles. The monoisotopic (exact) mass is 290 g/mol. The van der Waals surface area contributed by atoms with Crippen molar-refractivity contribution in [2.24, 2.45) is 23.7 Å². The molecule has 0 amide bonds. The Morgan fingerprint density at radius 1 is 0.762 bits per heavy atom. The summed E-state index contributed by atoms with van der Waals surface area (Å²) in [5.41, 5.74) is 0. The molecule has 122 valence electrons. The lowest BCUT2D eigenvalue weighted by atomic mass is 9.68. The minimum Gasteiger partial charge on any atom is -0.0917 e. The molecule has 2 rings (SSSR count). The van der Waals surface area contributed by atoms with Crippen LogP contribution in [0.4, 0.5) is 0 Å². The van der Waals surface area contributed by atoms with Gasteiger partial charge in [-0.3, -0.25) is 0 Å². The molecule has 0 aliphatic heterocycles. The molecule has 0 unspecified atom stereocenters. The molecule has 21 heavy (non-hydrogen) atoms. The molecule has 2 fully saturated rings. The Hall–Kier alpha value is -0.260. The summed E-state index contributed by atoms with van der Waals surface area (Å²) < 4.78 is 0. The first-order chi connectivity index (χ1) is 10.3. The van der Waals surface area contributed by atoms with Gasteiger partial charge in [-0.25, -0.2) is 0 Å². The van der Waals surface area contributed by atoms with E-state index in [-0.39, 0.29) is 0 Å². The van der Waals surface area contributed by atoms with Crippen LogP contribution in [-0.4, -0.2) is 0 Å². The SMILES string of the molecule is CC=CCCC1CCC(C2CCC(CCCC)CC2)CC1. The van der Waals surface area contributed by atoms with Gasteiger partial charge in [-0.05, 0) is 69.1 Å². The van der Waals surface area contributed by atoms with Crippen LogP contribution in [-0.2, 0) is 0 Å². The molecular formula is C21H38. The molecule has 0 spiro atoms. The summed E-state index contributed by atoms with van der Waals surface area (Å²) in [4.78, 5) is 0. The lowest BCUT2D eigenvalue weighted by molar-refractivity contribution is 0.141. The van der Waals surface area contributed by atoms with Crippen LogP contribution in [0, 0.1) is 23.7 Å². The van der Waals surface area contributed by atoms with Crippen LogP contribution in [0.3, 0.4) is 0 Å². The van der Waals surface area contributed by atoms with Crippen molar-refractivity contribution in [2.45, 2.75) is 97.3 Å². The smallest absolute Gasteiger partial charge is 0.0348 e. The van der Waals surface area contributed by atoms with Gasteiger partial charge in [-0.15, -0.1) is 0 Å². The summed E-state index contributed by atoms with van der Waals surface area (Å²) in [5, 5.41) is 0. The fraction of sp³-hybridized carbons (Fsp3) is 0.905. The molecule has 2 aliphatic rings. The Kier molecular flexibility index (Phi) is 7.89. The molecule has 0 nitrogen and oxygen atoms in total. The molecule has 0 N–H and O–H groups in total. The second-order valence-corrected chi connectivity index (χ2v) is 7.85. The van der Waals surface area contributed by atoms with Gasteiger partial charge in [0.05, 0.1) is 0 Å². The summed E-state index contributed by atoms with van der Waals surface area (Å²) in [7, 11) is 0. The number of allylic oxidation sites excluding steroid dienone is 2. The van der Waals surface area contributed by atoms with Gasteiger partial charge in [0.15, 0.2) is 0 Å². The quantitative estimate of drug-likeness (QED) is 0.437. The van der Waals surface area contributed by atoms with E-state index in [1.165, 1.54) is 44.9 Å². The number of hydrogen-bond donors (Lipinski definition) is 0. The van der Waals surface area contributed by atoms with Crippen molar-refractivity contribution >= 4 is 0 Å². The van der Waals surface area contributed by atoms with Crippen LogP contribution in [0.2, 0.25) is 0 Å². The second-order valence-electron chi connectivity index (χ2n) is 7.85. The van der Waals surface area contributed by atoms with E-state index in [4.69, 9.17) is 0 Å². The minimum absolute atomic E-state index is 1.04. The van der Waals surface area contributed by atoms with Crippen LogP contribution < -0.4 is 0 Å². The van der Waals surface area contributed by atoms with Gasteiger partial charge < -0.3 is 0 Å². The van der Waals surface area contributed by atoms with Crippen molar-refractivity contribution in [2.75, 3.05) is 0 Å². The molecule has 0 atom stereocenters. The van der Waals surface area contributed by atoms with Crippen molar-refractivity contribution in [3.63, 3.8) is 0 Å². The van der Waals surface area contributed by atoms with Crippen molar-refractivity contribution < 1.29 is 0 Å². The first-order valence-corrected chi connectivity index (χ1v) is 9.94. The van der Waals surface area contributed by atoms with Crippen molar-refractivity contribution in [3.8, 4) is 0 Å². The first kappa shape index (κ1) is 17.1. The Balaban J connectivity index is 1.62. The third kappa shape index (κ3) is 5.80. The average molecular weight is 291 g/mol. The van der Waals surface area contributed by atoms with Gasteiger partial charge in [-0.1, -0.05) is 64.0 Å². The molecule has 0 bridgehead atoms. The highest BCUT2D eigenvalue weighted by Gasteiger charge is 2.30. The lowest BCUT2D eigenvalue weighted by Gasteiger charge is -2.38. The van der Waals surface area contributed by atoms with Crippen LogP contribution >= 0.6 is 0 Å². The fourth-order valence-corrected chi connectivity index (χ4v) is 4.89. The molecule has 0 saturated heterocycles. The van der Waals surface area contributed by atoms with Gasteiger partial charge in [0, 0.05) is 0 Å². The zero-order chi connectivity index (χ0) is 14.9. The molecule has 0 radical (unpaired) electrons. The Morgan fingerprint density at radius 2 is 1.29 bits per heavy atom. The normalized spacial score (nSPS) is 34.4. The highest BCUT2D eigenvalue weighted by Crippen LogP contribution is 2.42. The summed E-state index contributed by atoms with van der Waals surface area (Å²) in [6.07, 6.45) is 24.0. The average Bonchev–Trinajstić information content (AvgIpc) is 2.54. The predicted molar refractivity (Wildman–Crippen MR) is 94.5 cm³/mol. The third-order valence-electron chi connectivity index (χ3n) is 6.39.